The molecule has 4 nitrogen and oxygen atoms in total. The van der Waals surface area contributed by atoms with Crippen LogP contribution in [0.3, 0.4) is 0 Å². The van der Waals surface area contributed by atoms with Crippen LogP contribution in [0.15, 0.2) is 24.3 Å². The normalized spacial score (nSPS) is 32.1. The van der Waals surface area contributed by atoms with Gasteiger partial charge in [0.05, 0.1) is 31.5 Å². The highest BCUT2D eigenvalue weighted by atomic mass is 16.5. The number of aliphatic hydroxyl groups is 1. The second kappa shape index (κ2) is 5.62. The molecule has 2 unspecified atom stereocenters. The van der Waals surface area contributed by atoms with Crippen LogP contribution in [-0.4, -0.2) is 36.6 Å². The number of benzene rings is 1. The van der Waals surface area contributed by atoms with Gasteiger partial charge in [-0.15, -0.1) is 0 Å². The van der Waals surface area contributed by atoms with Crippen molar-refractivity contribution in [1.29, 1.82) is 0 Å². The zero-order valence-corrected chi connectivity index (χ0v) is 11.9. The van der Waals surface area contributed by atoms with Gasteiger partial charge in [-0.25, -0.2) is 0 Å². The van der Waals surface area contributed by atoms with E-state index in [0.717, 1.165) is 37.2 Å². The summed E-state index contributed by atoms with van der Waals surface area (Å²) in [4.78, 5) is 0. The number of fused-ring (bicyclic) bond motifs is 2. The van der Waals surface area contributed by atoms with E-state index in [1.54, 1.807) is 7.11 Å². The van der Waals surface area contributed by atoms with Gasteiger partial charge >= 0.3 is 0 Å². The summed E-state index contributed by atoms with van der Waals surface area (Å²) in [6.07, 6.45) is 4.76. The third kappa shape index (κ3) is 2.91. The van der Waals surface area contributed by atoms with E-state index in [1.807, 2.05) is 24.3 Å². The van der Waals surface area contributed by atoms with Crippen molar-refractivity contribution in [3.63, 3.8) is 0 Å². The lowest BCUT2D eigenvalue weighted by atomic mass is 9.87. The van der Waals surface area contributed by atoms with E-state index in [9.17, 15) is 5.11 Å². The summed E-state index contributed by atoms with van der Waals surface area (Å²) in [5.41, 5.74) is -0.633. The second-order valence-electron chi connectivity index (χ2n) is 5.84. The van der Waals surface area contributed by atoms with E-state index in [0.29, 0.717) is 13.0 Å². The second-order valence-corrected chi connectivity index (χ2v) is 5.84. The fraction of sp³-hybridized carbons (Fsp3) is 0.625. The maximum absolute atomic E-state index is 10.7. The topological polar surface area (TPSA) is 47.9 Å². The zero-order valence-electron chi connectivity index (χ0n) is 11.9. The summed E-state index contributed by atoms with van der Waals surface area (Å²) in [5.74, 6) is 1.46. The maximum atomic E-state index is 10.7. The summed E-state index contributed by atoms with van der Waals surface area (Å²) < 4.78 is 16.8. The van der Waals surface area contributed by atoms with E-state index in [1.165, 1.54) is 0 Å². The third-order valence-corrected chi connectivity index (χ3v) is 4.30. The summed E-state index contributed by atoms with van der Waals surface area (Å²) in [5, 5.41) is 10.7. The maximum Gasteiger partial charge on any atom is 0.161 e. The van der Waals surface area contributed by atoms with Crippen molar-refractivity contribution in [3.05, 3.63) is 24.3 Å². The molecule has 20 heavy (non-hydrogen) atoms. The van der Waals surface area contributed by atoms with Gasteiger partial charge in [-0.1, -0.05) is 12.1 Å². The Hall–Kier alpha value is -1.26. The lowest BCUT2D eigenvalue weighted by molar-refractivity contribution is -0.117. The molecule has 0 aliphatic carbocycles. The molecule has 1 aromatic carbocycles. The third-order valence-electron chi connectivity index (χ3n) is 4.30. The first kappa shape index (κ1) is 13.7. The Bertz CT molecular complexity index is 448. The van der Waals surface area contributed by atoms with E-state index < -0.39 is 5.60 Å². The molecule has 1 aromatic rings. The molecule has 2 bridgehead atoms. The summed E-state index contributed by atoms with van der Waals surface area (Å²) in [7, 11) is 1.63. The van der Waals surface area contributed by atoms with E-state index in [-0.39, 0.29) is 12.2 Å². The van der Waals surface area contributed by atoms with Gasteiger partial charge in [0.15, 0.2) is 11.5 Å². The first-order valence-corrected chi connectivity index (χ1v) is 7.32. The Labute approximate surface area is 119 Å². The average molecular weight is 278 g/mol. The molecule has 2 saturated heterocycles. The van der Waals surface area contributed by atoms with Gasteiger partial charge in [-0.05, 0) is 25.0 Å². The van der Waals surface area contributed by atoms with Gasteiger partial charge in [0.1, 0.15) is 0 Å². The molecule has 0 saturated carbocycles. The van der Waals surface area contributed by atoms with Crippen LogP contribution in [0.1, 0.15) is 32.1 Å². The summed E-state index contributed by atoms with van der Waals surface area (Å²) >= 11 is 0. The van der Waals surface area contributed by atoms with Crippen molar-refractivity contribution in [2.24, 2.45) is 0 Å². The largest absolute Gasteiger partial charge is 0.493 e. The predicted octanol–water partition coefficient (Wildman–Crippen LogP) is 2.54. The Morgan fingerprint density at radius 1 is 1.20 bits per heavy atom. The minimum absolute atomic E-state index is 0.241. The van der Waals surface area contributed by atoms with Crippen molar-refractivity contribution in [3.8, 4) is 11.5 Å². The van der Waals surface area contributed by atoms with Crippen LogP contribution in [0.25, 0.3) is 0 Å². The average Bonchev–Trinajstić information content (AvgIpc) is 2.79. The molecule has 2 aliphatic rings. The molecular formula is C16H22O4. The zero-order chi connectivity index (χ0) is 14.0. The SMILES string of the molecule is COc1ccccc1OCCC1(O)CC2CCC(C1)O2. The lowest BCUT2D eigenvalue weighted by Crippen LogP contribution is -2.42. The van der Waals surface area contributed by atoms with Crippen LogP contribution in [0, 0.1) is 0 Å². The van der Waals surface area contributed by atoms with Crippen molar-refractivity contribution >= 4 is 0 Å². The van der Waals surface area contributed by atoms with Crippen LogP contribution in [-0.2, 0) is 4.74 Å². The Morgan fingerprint density at radius 2 is 1.85 bits per heavy atom. The fourth-order valence-corrected chi connectivity index (χ4v) is 3.30. The highest BCUT2D eigenvalue weighted by Crippen LogP contribution is 2.40. The van der Waals surface area contributed by atoms with Crippen LogP contribution in [0.5, 0.6) is 11.5 Å². The summed E-state index contributed by atoms with van der Waals surface area (Å²) in [6.45, 7) is 0.496. The minimum atomic E-state index is -0.633. The molecule has 0 aromatic heterocycles. The molecule has 3 rings (SSSR count). The number of para-hydroxylation sites is 2. The van der Waals surface area contributed by atoms with E-state index >= 15 is 0 Å². The van der Waals surface area contributed by atoms with Crippen molar-refractivity contribution in [2.75, 3.05) is 13.7 Å². The predicted molar refractivity (Wildman–Crippen MR) is 75.2 cm³/mol. The lowest BCUT2D eigenvalue weighted by Gasteiger charge is -2.36. The molecule has 1 N–H and O–H groups in total. The van der Waals surface area contributed by atoms with Crippen LogP contribution >= 0.6 is 0 Å². The highest BCUT2D eigenvalue weighted by Gasteiger charge is 2.43. The molecule has 0 radical (unpaired) electrons. The molecule has 2 fully saturated rings. The quantitative estimate of drug-likeness (QED) is 0.899. The highest BCUT2D eigenvalue weighted by molar-refractivity contribution is 5.39. The van der Waals surface area contributed by atoms with Gasteiger partial charge in [0.25, 0.3) is 0 Å². The van der Waals surface area contributed by atoms with Crippen molar-refractivity contribution < 1.29 is 19.3 Å². The van der Waals surface area contributed by atoms with Gasteiger partial charge < -0.3 is 19.3 Å². The minimum Gasteiger partial charge on any atom is -0.493 e. The van der Waals surface area contributed by atoms with E-state index in [4.69, 9.17) is 14.2 Å². The van der Waals surface area contributed by atoms with Crippen LogP contribution < -0.4 is 9.47 Å². The fourth-order valence-electron chi connectivity index (χ4n) is 3.30. The first-order chi connectivity index (χ1) is 9.68. The molecule has 4 heteroatoms. The van der Waals surface area contributed by atoms with Gasteiger partial charge in [-0.3, -0.25) is 0 Å². The molecule has 0 amide bonds. The van der Waals surface area contributed by atoms with Gasteiger partial charge in [0, 0.05) is 19.3 Å². The molecular weight excluding hydrogens is 256 g/mol. The first-order valence-electron chi connectivity index (χ1n) is 7.32. The van der Waals surface area contributed by atoms with Crippen molar-refractivity contribution in [1.82, 2.24) is 0 Å². The molecule has 2 aliphatic heterocycles. The van der Waals surface area contributed by atoms with Crippen LogP contribution in [0.4, 0.5) is 0 Å². The number of hydrogen-bond acceptors (Lipinski definition) is 4. The van der Waals surface area contributed by atoms with Crippen molar-refractivity contribution in [2.45, 2.75) is 49.9 Å². The number of hydrogen-bond donors (Lipinski definition) is 1. The molecule has 2 heterocycles. The molecule has 2 atom stereocenters. The van der Waals surface area contributed by atoms with Gasteiger partial charge in [-0.2, -0.15) is 0 Å². The smallest absolute Gasteiger partial charge is 0.161 e. The molecule has 110 valence electrons. The number of ether oxygens (including phenoxy) is 3. The summed E-state index contributed by atoms with van der Waals surface area (Å²) in [6, 6.07) is 7.59. The Morgan fingerprint density at radius 3 is 2.50 bits per heavy atom. The molecule has 0 spiro atoms. The number of methoxy groups -OCH3 is 1. The van der Waals surface area contributed by atoms with E-state index in [2.05, 4.69) is 0 Å². The van der Waals surface area contributed by atoms with Gasteiger partial charge in [0.2, 0.25) is 0 Å². The van der Waals surface area contributed by atoms with Crippen LogP contribution in [0.2, 0.25) is 0 Å². The number of rotatable bonds is 5. The Kier molecular flexibility index (Phi) is 3.85. The monoisotopic (exact) mass is 278 g/mol. The Balaban J connectivity index is 1.54. The standard InChI is InChI=1S/C16H22O4/c1-18-14-4-2-3-5-15(14)19-9-8-16(17)10-12-6-7-13(11-16)20-12/h2-5,12-13,17H,6-11H2,1H3.